The lowest BCUT2D eigenvalue weighted by Crippen LogP contribution is -2.33. The number of fused-ring (bicyclic) bond motifs is 1. The number of thiophene rings is 2. The molecule has 0 unspecified atom stereocenters. The average Bonchev–Trinajstić information content (AvgIpc) is 3.41. The molecule has 6 nitrogen and oxygen atoms in total. The van der Waals surface area contributed by atoms with Crippen molar-refractivity contribution >= 4 is 38.8 Å². The zero-order valence-corrected chi connectivity index (χ0v) is 17.5. The van der Waals surface area contributed by atoms with Crippen molar-refractivity contribution in [3.63, 3.8) is 0 Å². The Balaban J connectivity index is 1.34. The van der Waals surface area contributed by atoms with Crippen LogP contribution in [0.1, 0.15) is 6.42 Å². The highest BCUT2D eigenvalue weighted by molar-refractivity contribution is 7.18. The van der Waals surface area contributed by atoms with E-state index in [0.29, 0.717) is 23.2 Å². The quantitative estimate of drug-likeness (QED) is 0.419. The molecule has 0 aliphatic carbocycles. The van der Waals surface area contributed by atoms with Crippen molar-refractivity contribution in [3.05, 3.63) is 69.7 Å². The molecule has 0 aliphatic rings. The molecule has 3 heterocycles. The summed E-state index contributed by atoms with van der Waals surface area (Å²) in [5, 5.41) is 7.16. The van der Waals surface area contributed by atoms with Gasteiger partial charge in [0.05, 0.1) is 18.3 Å². The summed E-state index contributed by atoms with van der Waals surface area (Å²) >= 11 is 2.97. The van der Waals surface area contributed by atoms with Crippen molar-refractivity contribution in [2.75, 3.05) is 13.2 Å². The molecule has 9 heteroatoms. The first-order valence-electron chi connectivity index (χ1n) is 9.28. The second-order valence-electron chi connectivity index (χ2n) is 6.47. The van der Waals surface area contributed by atoms with Crippen LogP contribution in [0, 0.1) is 5.82 Å². The first-order valence-corrected chi connectivity index (χ1v) is 11.0. The summed E-state index contributed by atoms with van der Waals surface area (Å²) in [6.45, 7) is 0.514. The summed E-state index contributed by atoms with van der Waals surface area (Å²) in [6, 6.07) is 10.1. The van der Waals surface area contributed by atoms with Gasteiger partial charge in [0.25, 0.3) is 5.56 Å². The predicted molar refractivity (Wildman–Crippen MR) is 117 cm³/mol. The topological polar surface area (TPSA) is 73.2 Å². The fourth-order valence-electron chi connectivity index (χ4n) is 2.95. The van der Waals surface area contributed by atoms with E-state index in [1.807, 2.05) is 22.9 Å². The van der Waals surface area contributed by atoms with Gasteiger partial charge in [0.2, 0.25) is 5.91 Å². The number of halogens is 1. The average molecular weight is 444 g/mol. The van der Waals surface area contributed by atoms with Crippen LogP contribution in [0.25, 0.3) is 20.7 Å². The van der Waals surface area contributed by atoms with Crippen molar-refractivity contribution in [3.8, 4) is 16.2 Å². The fraction of sp³-hybridized carbons (Fsp3) is 0.190. The number of carbonyl (C=O) groups is 1. The van der Waals surface area contributed by atoms with Gasteiger partial charge >= 0.3 is 0 Å². The minimum atomic E-state index is -0.417. The summed E-state index contributed by atoms with van der Waals surface area (Å²) in [7, 11) is 0. The van der Waals surface area contributed by atoms with Crippen molar-refractivity contribution in [2.45, 2.75) is 13.0 Å². The van der Waals surface area contributed by atoms with E-state index in [2.05, 4.69) is 10.3 Å². The number of nitrogens with one attached hydrogen (secondary N) is 1. The molecule has 154 valence electrons. The van der Waals surface area contributed by atoms with Crippen LogP contribution in [-0.4, -0.2) is 28.6 Å². The number of para-hydroxylation sites is 1. The van der Waals surface area contributed by atoms with Crippen LogP contribution >= 0.6 is 22.7 Å². The van der Waals surface area contributed by atoms with Crippen molar-refractivity contribution in [1.82, 2.24) is 14.9 Å². The molecule has 1 aromatic carbocycles. The highest BCUT2D eigenvalue weighted by Crippen LogP contribution is 2.33. The molecule has 4 rings (SSSR count). The maximum atomic E-state index is 13.5. The van der Waals surface area contributed by atoms with Crippen LogP contribution in [0.2, 0.25) is 0 Å². The van der Waals surface area contributed by atoms with Gasteiger partial charge in [-0.3, -0.25) is 14.2 Å². The Morgan fingerprint density at radius 3 is 2.87 bits per heavy atom. The van der Waals surface area contributed by atoms with E-state index in [0.717, 1.165) is 10.4 Å². The maximum absolute atomic E-state index is 13.5. The van der Waals surface area contributed by atoms with E-state index in [4.69, 9.17) is 4.74 Å². The summed E-state index contributed by atoms with van der Waals surface area (Å²) in [4.78, 5) is 31.1. The third-order valence-corrected chi connectivity index (χ3v) is 6.19. The molecule has 0 saturated heterocycles. The van der Waals surface area contributed by atoms with Crippen LogP contribution in [0.4, 0.5) is 4.39 Å². The molecule has 0 spiro atoms. The number of amides is 1. The molecular weight excluding hydrogens is 425 g/mol. The normalized spacial score (nSPS) is 11.0. The maximum Gasteiger partial charge on any atom is 0.263 e. The molecular formula is C21H18FN3O3S2. The predicted octanol–water partition coefficient (Wildman–Crippen LogP) is 3.91. The number of rotatable bonds is 8. The van der Waals surface area contributed by atoms with E-state index in [9.17, 15) is 14.0 Å². The molecule has 1 amide bonds. The van der Waals surface area contributed by atoms with Crippen LogP contribution in [0.3, 0.4) is 0 Å². The minimum absolute atomic E-state index is 0.115. The Hall–Kier alpha value is -3.04. The molecule has 0 radical (unpaired) electrons. The number of hydrogen-bond acceptors (Lipinski definition) is 6. The van der Waals surface area contributed by atoms with Crippen LogP contribution in [0.5, 0.6) is 5.75 Å². The van der Waals surface area contributed by atoms with E-state index >= 15 is 0 Å². The number of hydrogen-bond donors (Lipinski definition) is 1. The zero-order valence-electron chi connectivity index (χ0n) is 15.8. The van der Waals surface area contributed by atoms with E-state index in [1.54, 1.807) is 29.5 Å². The summed E-state index contributed by atoms with van der Waals surface area (Å²) in [5.74, 6) is -0.525. The largest absolute Gasteiger partial charge is 0.490 e. The molecule has 1 N–H and O–H groups in total. The second kappa shape index (κ2) is 9.19. The smallest absolute Gasteiger partial charge is 0.263 e. The van der Waals surface area contributed by atoms with Gasteiger partial charge in [-0.15, -0.1) is 22.7 Å². The monoisotopic (exact) mass is 443 g/mol. The molecule has 0 fully saturated rings. The first-order chi connectivity index (χ1) is 14.6. The molecule has 4 aromatic rings. The molecule has 0 atom stereocenters. The first kappa shape index (κ1) is 20.2. The molecule has 0 bridgehead atoms. The lowest BCUT2D eigenvalue weighted by Gasteiger charge is -2.09. The Kier molecular flexibility index (Phi) is 6.20. The van der Waals surface area contributed by atoms with Crippen molar-refractivity contribution in [2.24, 2.45) is 0 Å². The summed E-state index contributed by atoms with van der Waals surface area (Å²) < 4.78 is 20.2. The zero-order chi connectivity index (χ0) is 20.9. The number of benzene rings is 1. The lowest BCUT2D eigenvalue weighted by atomic mass is 10.2. The molecule has 3 aromatic heterocycles. The number of carbonyl (C=O) groups excluding carboxylic acids is 1. The third kappa shape index (κ3) is 4.42. The van der Waals surface area contributed by atoms with Gasteiger partial charge in [0.15, 0.2) is 11.6 Å². The lowest BCUT2D eigenvalue weighted by molar-refractivity contribution is -0.121. The Bertz CT molecular complexity index is 1220. The van der Waals surface area contributed by atoms with Crippen molar-refractivity contribution in [1.29, 1.82) is 0 Å². The van der Waals surface area contributed by atoms with Gasteiger partial charge in [-0.05, 0) is 30.0 Å². The number of aromatic nitrogens is 2. The molecule has 0 aliphatic heterocycles. The Labute approximate surface area is 179 Å². The summed E-state index contributed by atoms with van der Waals surface area (Å²) in [5.41, 5.74) is 0.616. The molecule has 0 saturated carbocycles. The number of ether oxygens (including phenoxy) is 1. The van der Waals surface area contributed by atoms with E-state index < -0.39 is 5.82 Å². The highest BCUT2D eigenvalue weighted by Gasteiger charge is 2.15. The van der Waals surface area contributed by atoms with Gasteiger partial charge < -0.3 is 10.1 Å². The van der Waals surface area contributed by atoms with Gasteiger partial charge in [0.1, 0.15) is 11.4 Å². The van der Waals surface area contributed by atoms with Gasteiger partial charge in [-0.25, -0.2) is 9.37 Å². The summed E-state index contributed by atoms with van der Waals surface area (Å²) in [6.07, 6.45) is 1.92. The van der Waals surface area contributed by atoms with Gasteiger partial charge in [0, 0.05) is 22.4 Å². The van der Waals surface area contributed by atoms with E-state index in [1.165, 1.54) is 28.3 Å². The minimum Gasteiger partial charge on any atom is -0.490 e. The SMILES string of the molecule is O=C(Cn1cnc2scc(-c3cccs3)c2c1=O)NCCCOc1ccccc1F. The van der Waals surface area contributed by atoms with Crippen LogP contribution < -0.4 is 15.6 Å². The standard InChI is InChI=1S/C21H18FN3O3S2/c22-15-5-1-2-6-16(15)28-9-4-8-23-18(26)11-25-13-24-20-19(21(25)27)14(12-30-20)17-7-3-10-29-17/h1-3,5-7,10,12-13H,4,8-9,11H2,(H,23,26). The third-order valence-electron chi connectivity index (χ3n) is 4.40. The van der Waals surface area contributed by atoms with Crippen LogP contribution in [-0.2, 0) is 11.3 Å². The Morgan fingerprint density at radius 2 is 2.07 bits per heavy atom. The van der Waals surface area contributed by atoms with Crippen molar-refractivity contribution < 1.29 is 13.9 Å². The molecule has 30 heavy (non-hydrogen) atoms. The van der Waals surface area contributed by atoms with Crippen LogP contribution in [0.15, 0.2) is 58.3 Å². The second-order valence-corrected chi connectivity index (χ2v) is 8.27. The van der Waals surface area contributed by atoms with E-state index in [-0.39, 0.29) is 30.4 Å². The highest BCUT2D eigenvalue weighted by atomic mass is 32.1. The van der Waals surface area contributed by atoms with Gasteiger partial charge in [-0.1, -0.05) is 18.2 Å². The number of nitrogens with zero attached hydrogens (tertiary/aromatic N) is 2. The van der Waals surface area contributed by atoms with Gasteiger partial charge in [-0.2, -0.15) is 0 Å². The fourth-order valence-corrected chi connectivity index (χ4v) is 4.67. The Morgan fingerprint density at radius 1 is 1.20 bits per heavy atom.